The Morgan fingerprint density at radius 3 is 2.62 bits per heavy atom. The lowest BCUT2D eigenvalue weighted by atomic mass is 9.79. The molecule has 0 unspecified atom stereocenters. The van der Waals surface area contributed by atoms with Crippen molar-refractivity contribution in [2.24, 2.45) is 0 Å². The van der Waals surface area contributed by atoms with Gasteiger partial charge in [0.1, 0.15) is 11.6 Å². The zero-order chi connectivity index (χ0) is 21.1. The minimum atomic E-state index is -3.66. The Kier molecular flexibility index (Phi) is 6.62. The third-order valence-corrected chi connectivity index (χ3v) is 8.05. The molecule has 2 aliphatic rings. The molecule has 2 aliphatic heterocycles. The summed E-state index contributed by atoms with van der Waals surface area (Å²) in [7, 11) is -3.66. The Hall–Kier alpha value is -1.95. The van der Waals surface area contributed by atoms with Crippen LogP contribution in [0.25, 0.3) is 0 Å². The third kappa shape index (κ3) is 4.04. The van der Waals surface area contributed by atoms with E-state index in [-0.39, 0.29) is 16.4 Å². The van der Waals surface area contributed by atoms with Gasteiger partial charge in [0.05, 0.1) is 11.0 Å². The van der Waals surface area contributed by atoms with Crippen LogP contribution in [0.2, 0.25) is 0 Å². The highest BCUT2D eigenvalue weighted by atomic mass is 32.2. The molecule has 2 heterocycles. The Morgan fingerprint density at radius 1 is 1.28 bits per heavy atom. The molecule has 0 aliphatic carbocycles. The molecule has 8 heteroatoms. The van der Waals surface area contributed by atoms with Gasteiger partial charge in [-0.25, -0.2) is 8.42 Å². The summed E-state index contributed by atoms with van der Waals surface area (Å²) < 4.78 is 33.1. The molecule has 29 heavy (non-hydrogen) atoms. The molecule has 2 saturated heterocycles. The summed E-state index contributed by atoms with van der Waals surface area (Å²) in [5.41, 5.74) is -0.322. The average molecular weight is 420 g/mol. The smallest absolute Gasteiger partial charge is 0.255 e. The van der Waals surface area contributed by atoms with E-state index >= 15 is 0 Å². The van der Waals surface area contributed by atoms with Gasteiger partial charge in [-0.15, -0.1) is 0 Å². The maximum Gasteiger partial charge on any atom is 0.255 e. The molecule has 2 fully saturated rings. The van der Waals surface area contributed by atoms with Crippen LogP contribution in [0.5, 0.6) is 0 Å². The molecule has 0 bridgehead atoms. The van der Waals surface area contributed by atoms with Crippen molar-refractivity contribution >= 4 is 15.9 Å². The van der Waals surface area contributed by atoms with Gasteiger partial charge in [-0.05, 0) is 50.3 Å². The molecule has 0 aromatic heterocycles. The normalized spacial score (nSPS) is 25.2. The number of carbonyl (C=O) groups excluding carboxylic acids is 1. The maximum absolute atomic E-state index is 13.3. The number of hydrogen-bond donors (Lipinski definition) is 0. The predicted octanol–water partition coefficient (Wildman–Crippen LogP) is 2.78. The van der Waals surface area contributed by atoms with E-state index in [0.29, 0.717) is 26.2 Å². The number of benzene rings is 1. The zero-order valence-electron chi connectivity index (χ0n) is 17.1. The third-order valence-electron chi connectivity index (χ3n) is 6.00. The van der Waals surface area contributed by atoms with E-state index in [1.165, 1.54) is 16.4 Å². The van der Waals surface area contributed by atoms with Crippen molar-refractivity contribution in [1.29, 1.82) is 5.26 Å². The first kappa shape index (κ1) is 21.8. The Bertz CT molecular complexity index is 878. The number of carbonyl (C=O) groups is 1. The fraction of sp³-hybridized carbons (Fsp3) is 0.619. The van der Waals surface area contributed by atoms with E-state index in [9.17, 15) is 18.5 Å². The van der Waals surface area contributed by atoms with Crippen LogP contribution in [-0.4, -0.2) is 61.4 Å². The molecule has 1 spiro atoms. The quantitative estimate of drug-likeness (QED) is 0.732. The standard InChI is InChI=1S/C21H29N3O4S/c1-3-23(4-2)29(26,27)18-10-7-9-17(15-18)20(25)24-13-8-12-21(19(24)16-22)11-5-6-14-28-21/h7,9-10,15,19H,3-6,8,11-14H2,1-2H3/t19-,21-/m0/s1. The van der Waals surface area contributed by atoms with Crippen LogP contribution < -0.4 is 0 Å². The number of hydrogen-bond acceptors (Lipinski definition) is 5. The Morgan fingerprint density at radius 2 is 2.00 bits per heavy atom. The number of sulfonamides is 1. The summed E-state index contributed by atoms with van der Waals surface area (Å²) in [5.74, 6) is -0.318. The molecule has 1 amide bonds. The molecule has 1 aromatic rings. The zero-order valence-corrected chi connectivity index (χ0v) is 18.0. The average Bonchev–Trinajstić information content (AvgIpc) is 2.74. The van der Waals surface area contributed by atoms with Gasteiger partial charge in [0.15, 0.2) is 0 Å². The largest absolute Gasteiger partial charge is 0.372 e. The number of nitriles is 1. The van der Waals surface area contributed by atoms with E-state index in [0.717, 1.165) is 32.1 Å². The van der Waals surface area contributed by atoms with Crippen molar-refractivity contribution in [2.75, 3.05) is 26.2 Å². The minimum Gasteiger partial charge on any atom is -0.372 e. The highest BCUT2D eigenvalue weighted by Gasteiger charge is 2.48. The summed E-state index contributed by atoms with van der Waals surface area (Å²) in [6, 6.07) is 7.77. The lowest BCUT2D eigenvalue weighted by molar-refractivity contribution is -0.128. The maximum atomic E-state index is 13.3. The first-order chi connectivity index (χ1) is 13.9. The van der Waals surface area contributed by atoms with E-state index in [1.54, 1.807) is 30.9 Å². The van der Waals surface area contributed by atoms with Crippen LogP contribution in [0.4, 0.5) is 0 Å². The van der Waals surface area contributed by atoms with Crippen LogP contribution >= 0.6 is 0 Å². The van der Waals surface area contributed by atoms with Gasteiger partial charge in [0, 0.05) is 31.8 Å². The Labute approximate surface area is 173 Å². The lowest BCUT2D eigenvalue weighted by Gasteiger charge is -2.48. The number of nitrogens with zero attached hydrogens (tertiary/aromatic N) is 3. The van der Waals surface area contributed by atoms with Crippen LogP contribution in [0.1, 0.15) is 56.3 Å². The SMILES string of the molecule is CCN(CC)S(=O)(=O)c1cccc(C(=O)N2CCC[C@@]3(CCCCO3)[C@@H]2C#N)c1. The molecule has 0 N–H and O–H groups in total. The van der Waals surface area contributed by atoms with Gasteiger partial charge in [0.25, 0.3) is 5.91 Å². The second-order valence-electron chi connectivity index (χ2n) is 7.62. The van der Waals surface area contributed by atoms with E-state index < -0.39 is 21.7 Å². The van der Waals surface area contributed by atoms with Gasteiger partial charge in [-0.1, -0.05) is 19.9 Å². The van der Waals surface area contributed by atoms with Crippen molar-refractivity contribution in [3.05, 3.63) is 29.8 Å². The summed E-state index contributed by atoms with van der Waals surface area (Å²) in [6.45, 7) is 5.36. The lowest BCUT2D eigenvalue weighted by Crippen LogP contribution is -2.60. The summed E-state index contributed by atoms with van der Waals surface area (Å²) in [6.07, 6.45) is 4.26. The van der Waals surface area contributed by atoms with Crippen molar-refractivity contribution in [3.8, 4) is 6.07 Å². The van der Waals surface area contributed by atoms with Crippen LogP contribution in [-0.2, 0) is 14.8 Å². The fourth-order valence-corrected chi connectivity index (χ4v) is 5.96. The molecular formula is C21H29N3O4S. The molecule has 0 saturated carbocycles. The van der Waals surface area contributed by atoms with Gasteiger partial charge in [-0.3, -0.25) is 4.79 Å². The van der Waals surface area contributed by atoms with Gasteiger partial charge in [-0.2, -0.15) is 9.57 Å². The minimum absolute atomic E-state index is 0.0983. The molecule has 158 valence electrons. The highest BCUT2D eigenvalue weighted by Crippen LogP contribution is 2.39. The second kappa shape index (κ2) is 8.82. The fourth-order valence-electron chi connectivity index (χ4n) is 4.46. The number of ether oxygens (including phenoxy) is 1. The van der Waals surface area contributed by atoms with Crippen molar-refractivity contribution in [2.45, 2.75) is 62.5 Å². The number of rotatable bonds is 5. The van der Waals surface area contributed by atoms with Crippen LogP contribution in [0.15, 0.2) is 29.2 Å². The second-order valence-corrected chi connectivity index (χ2v) is 9.56. The van der Waals surface area contributed by atoms with E-state index in [1.807, 2.05) is 0 Å². The molecule has 3 rings (SSSR count). The van der Waals surface area contributed by atoms with Crippen molar-refractivity contribution < 1.29 is 17.9 Å². The number of likely N-dealkylation sites (tertiary alicyclic amines) is 1. The summed E-state index contributed by atoms with van der Waals surface area (Å²) in [4.78, 5) is 15.0. The molecular weight excluding hydrogens is 390 g/mol. The first-order valence-corrected chi connectivity index (χ1v) is 11.8. The van der Waals surface area contributed by atoms with E-state index in [4.69, 9.17) is 4.74 Å². The summed E-state index contributed by atoms with van der Waals surface area (Å²) in [5, 5.41) is 9.87. The molecule has 0 radical (unpaired) electrons. The predicted molar refractivity (Wildman–Crippen MR) is 109 cm³/mol. The van der Waals surface area contributed by atoms with Crippen LogP contribution in [0, 0.1) is 11.3 Å². The van der Waals surface area contributed by atoms with Crippen molar-refractivity contribution in [1.82, 2.24) is 9.21 Å². The van der Waals surface area contributed by atoms with Gasteiger partial charge in [0.2, 0.25) is 10.0 Å². The Balaban J connectivity index is 1.91. The summed E-state index contributed by atoms with van der Waals surface area (Å²) >= 11 is 0. The van der Waals surface area contributed by atoms with Crippen LogP contribution in [0.3, 0.4) is 0 Å². The van der Waals surface area contributed by atoms with E-state index in [2.05, 4.69) is 6.07 Å². The molecule has 2 atom stereocenters. The monoisotopic (exact) mass is 419 g/mol. The number of piperidine rings is 1. The van der Waals surface area contributed by atoms with Gasteiger partial charge >= 0.3 is 0 Å². The topological polar surface area (TPSA) is 90.7 Å². The first-order valence-electron chi connectivity index (χ1n) is 10.3. The van der Waals surface area contributed by atoms with Crippen molar-refractivity contribution in [3.63, 3.8) is 0 Å². The van der Waals surface area contributed by atoms with Gasteiger partial charge < -0.3 is 9.64 Å². The molecule has 7 nitrogen and oxygen atoms in total. The molecule has 1 aromatic carbocycles. The number of amides is 1. The highest BCUT2D eigenvalue weighted by molar-refractivity contribution is 7.89.